The number of pyridine rings is 1. The monoisotopic (exact) mass is 229 g/mol. The Morgan fingerprint density at radius 1 is 1.24 bits per heavy atom. The number of nitriles is 1. The zero-order chi connectivity index (χ0) is 12.1. The second-order valence-corrected chi connectivity index (χ2v) is 4.25. The summed E-state index contributed by atoms with van der Waals surface area (Å²) < 4.78 is 0. The van der Waals surface area contributed by atoms with Crippen molar-refractivity contribution in [3.05, 3.63) is 29.6 Å². The van der Waals surface area contributed by atoms with Gasteiger partial charge in [-0.05, 0) is 25.0 Å². The lowest BCUT2D eigenvalue weighted by molar-refractivity contribution is 0.0756. The van der Waals surface area contributed by atoms with E-state index in [2.05, 4.69) is 4.98 Å². The van der Waals surface area contributed by atoms with E-state index in [1.54, 1.807) is 12.1 Å². The van der Waals surface area contributed by atoms with E-state index in [4.69, 9.17) is 5.26 Å². The van der Waals surface area contributed by atoms with Crippen molar-refractivity contribution in [2.24, 2.45) is 0 Å². The van der Waals surface area contributed by atoms with Crippen molar-refractivity contribution in [3.63, 3.8) is 0 Å². The highest BCUT2D eigenvalue weighted by atomic mass is 16.2. The molecule has 4 nitrogen and oxygen atoms in total. The fourth-order valence-electron chi connectivity index (χ4n) is 2.02. The van der Waals surface area contributed by atoms with Crippen molar-refractivity contribution < 1.29 is 4.79 Å². The first-order valence-corrected chi connectivity index (χ1v) is 5.96. The van der Waals surface area contributed by atoms with E-state index in [0.29, 0.717) is 11.3 Å². The molecule has 0 saturated carbocycles. The zero-order valence-electron chi connectivity index (χ0n) is 9.72. The molecule has 1 aromatic heterocycles. The summed E-state index contributed by atoms with van der Waals surface area (Å²) in [5, 5.41) is 8.67. The van der Waals surface area contributed by atoms with Crippen molar-refractivity contribution in [1.82, 2.24) is 9.88 Å². The molecule has 88 valence electrons. The second-order valence-electron chi connectivity index (χ2n) is 4.25. The molecule has 0 N–H and O–H groups in total. The Balaban J connectivity index is 2.09. The van der Waals surface area contributed by atoms with E-state index in [9.17, 15) is 4.79 Å². The highest BCUT2D eigenvalue weighted by molar-refractivity contribution is 5.92. The number of likely N-dealkylation sites (tertiary alicyclic amines) is 1. The van der Waals surface area contributed by atoms with E-state index >= 15 is 0 Å². The van der Waals surface area contributed by atoms with Crippen LogP contribution in [0.3, 0.4) is 0 Å². The maximum atomic E-state index is 12.1. The van der Waals surface area contributed by atoms with Crippen LogP contribution in [0.15, 0.2) is 18.3 Å². The lowest BCUT2D eigenvalue weighted by Crippen LogP contribution is -2.32. The Hall–Kier alpha value is -1.89. The van der Waals surface area contributed by atoms with Gasteiger partial charge in [0.05, 0.1) is 5.56 Å². The summed E-state index contributed by atoms with van der Waals surface area (Å²) in [6.45, 7) is 1.64. The summed E-state index contributed by atoms with van der Waals surface area (Å²) in [5.74, 6) is -0.0172. The molecule has 0 unspecified atom stereocenters. The van der Waals surface area contributed by atoms with Gasteiger partial charge in [-0.25, -0.2) is 4.98 Å². The van der Waals surface area contributed by atoms with Gasteiger partial charge >= 0.3 is 0 Å². The third-order valence-corrected chi connectivity index (χ3v) is 3.00. The van der Waals surface area contributed by atoms with Crippen molar-refractivity contribution >= 4 is 5.91 Å². The first-order valence-electron chi connectivity index (χ1n) is 5.96. The molecule has 0 atom stereocenters. The molecule has 2 heterocycles. The summed E-state index contributed by atoms with van der Waals surface area (Å²) in [6, 6.07) is 5.26. The molecule has 0 aliphatic carbocycles. The van der Waals surface area contributed by atoms with Crippen LogP contribution < -0.4 is 0 Å². The smallest absolute Gasteiger partial charge is 0.272 e. The molecule has 1 amide bonds. The number of amides is 1. The fraction of sp³-hybridized carbons (Fsp3) is 0.462. The Morgan fingerprint density at radius 2 is 1.94 bits per heavy atom. The number of carbonyl (C=O) groups is 1. The molecule has 0 radical (unpaired) electrons. The third kappa shape index (κ3) is 2.82. The molecule has 1 aliphatic heterocycles. The highest BCUT2D eigenvalue weighted by Crippen LogP contribution is 2.12. The number of nitrogens with zero attached hydrogens (tertiary/aromatic N) is 3. The second kappa shape index (κ2) is 5.44. The van der Waals surface area contributed by atoms with Crippen LogP contribution in [0.5, 0.6) is 0 Å². The standard InChI is InChI=1S/C13H15N3O/c14-9-11-5-6-12(15-10-11)13(17)16-7-3-1-2-4-8-16/h5-6,10H,1-4,7-8H2. The molecule has 1 aromatic rings. The minimum absolute atomic E-state index is 0.0172. The number of hydrogen-bond donors (Lipinski definition) is 0. The molecular formula is C13H15N3O. The first kappa shape index (κ1) is 11.6. The van der Waals surface area contributed by atoms with E-state index in [-0.39, 0.29) is 5.91 Å². The van der Waals surface area contributed by atoms with Gasteiger partial charge in [0, 0.05) is 19.3 Å². The van der Waals surface area contributed by atoms with Gasteiger partial charge in [-0.1, -0.05) is 12.8 Å². The van der Waals surface area contributed by atoms with Gasteiger partial charge in [0.15, 0.2) is 0 Å². The number of hydrogen-bond acceptors (Lipinski definition) is 3. The minimum Gasteiger partial charge on any atom is -0.337 e. The molecule has 0 bridgehead atoms. The third-order valence-electron chi connectivity index (χ3n) is 3.00. The fourth-order valence-corrected chi connectivity index (χ4v) is 2.02. The summed E-state index contributed by atoms with van der Waals surface area (Å²) in [6.07, 6.45) is 5.99. The van der Waals surface area contributed by atoms with Crippen LogP contribution >= 0.6 is 0 Å². The van der Waals surface area contributed by atoms with E-state index < -0.39 is 0 Å². The molecule has 0 spiro atoms. The predicted molar refractivity (Wildman–Crippen MR) is 63.3 cm³/mol. The molecule has 0 aromatic carbocycles. The van der Waals surface area contributed by atoms with Gasteiger partial charge < -0.3 is 4.90 Å². The van der Waals surface area contributed by atoms with Crippen LogP contribution in [-0.2, 0) is 0 Å². The maximum absolute atomic E-state index is 12.1. The van der Waals surface area contributed by atoms with Gasteiger partial charge in [0.2, 0.25) is 0 Å². The van der Waals surface area contributed by atoms with E-state index in [1.165, 1.54) is 19.0 Å². The van der Waals surface area contributed by atoms with Crippen LogP contribution in [0.4, 0.5) is 0 Å². The van der Waals surface area contributed by atoms with Crippen LogP contribution in [0.25, 0.3) is 0 Å². The Morgan fingerprint density at radius 3 is 2.47 bits per heavy atom. The lowest BCUT2D eigenvalue weighted by atomic mass is 10.2. The van der Waals surface area contributed by atoms with Crippen LogP contribution in [0, 0.1) is 11.3 Å². The summed E-state index contributed by atoms with van der Waals surface area (Å²) in [5.41, 5.74) is 0.920. The largest absolute Gasteiger partial charge is 0.337 e. The first-order chi connectivity index (χ1) is 8.31. The van der Waals surface area contributed by atoms with E-state index in [1.807, 2.05) is 11.0 Å². The molecule has 2 rings (SSSR count). The Labute approximate surface area is 101 Å². The summed E-state index contributed by atoms with van der Waals surface area (Å²) in [7, 11) is 0. The van der Waals surface area contributed by atoms with Gasteiger partial charge in [-0.15, -0.1) is 0 Å². The minimum atomic E-state index is -0.0172. The quantitative estimate of drug-likeness (QED) is 0.739. The van der Waals surface area contributed by atoms with Crippen LogP contribution in [-0.4, -0.2) is 28.9 Å². The predicted octanol–water partition coefficient (Wildman–Crippen LogP) is 1.97. The summed E-state index contributed by atoms with van der Waals surface area (Å²) >= 11 is 0. The van der Waals surface area contributed by atoms with Crippen molar-refractivity contribution in [2.75, 3.05) is 13.1 Å². The Kier molecular flexibility index (Phi) is 3.71. The molecule has 4 heteroatoms. The van der Waals surface area contributed by atoms with Crippen LogP contribution in [0.1, 0.15) is 41.7 Å². The van der Waals surface area contributed by atoms with Gasteiger partial charge in [0.25, 0.3) is 5.91 Å². The van der Waals surface area contributed by atoms with Crippen LogP contribution in [0.2, 0.25) is 0 Å². The molecule has 1 aliphatic rings. The summed E-state index contributed by atoms with van der Waals surface area (Å²) in [4.78, 5) is 18.0. The molecule has 1 saturated heterocycles. The van der Waals surface area contributed by atoms with Crippen molar-refractivity contribution in [2.45, 2.75) is 25.7 Å². The average molecular weight is 229 g/mol. The lowest BCUT2D eigenvalue weighted by Gasteiger charge is -2.19. The van der Waals surface area contributed by atoms with E-state index in [0.717, 1.165) is 25.9 Å². The SMILES string of the molecule is N#Cc1ccc(C(=O)N2CCCCCC2)nc1. The normalized spacial score (nSPS) is 16.1. The zero-order valence-corrected chi connectivity index (χ0v) is 9.72. The molecular weight excluding hydrogens is 214 g/mol. The van der Waals surface area contributed by atoms with Crippen molar-refractivity contribution in [1.29, 1.82) is 5.26 Å². The van der Waals surface area contributed by atoms with Gasteiger partial charge in [0.1, 0.15) is 11.8 Å². The number of aromatic nitrogens is 1. The number of rotatable bonds is 1. The molecule has 17 heavy (non-hydrogen) atoms. The highest BCUT2D eigenvalue weighted by Gasteiger charge is 2.17. The molecule has 1 fully saturated rings. The van der Waals surface area contributed by atoms with Gasteiger partial charge in [-0.2, -0.15) is 5.26 Å². The maximum Gasteiger partial charge on any atom is 0.272 e. The topological polar surface area (TPSA) is 57.0 Å². The number of carbonyl (C=O) groups excluding carboxylic acids is 1. The van der Waals surface area contributed by atoms with Gasteiger partial charge in [-0.3, -0.25) is 4.79 Å². The Bertz CT molecular complexity index is 425. The van der Waals surface area contributed by atoms with Crippen molar-refractivity contribution in [3.8, 4) is 6.07 Å². The average Bonchev–Trinajstić information content (AvgIpc) is 2.67.